The van der Waals surface area contributed by atoms with Crippen LogP contribution in [0.5, 0.6) is 0 Å². The number of nitrogens with one attached hydrogen (secondary N) is 3. The Morgan fingerprint density at radius 1 is 1.16 bits per heavy atom. The number of amides is 4. The Labute approximate surface area is 187 Å². The molecule has 4 rings (SSSR count). The maximum Gasteiger partial charge on any atom is 0.322 e. The van der Waals surface area contributed by atoms with Gasteiger partial charge in [0.15, 0.2) is 0 Å². The van der Waals surface area contributed by atoms with Crippen LogP contribution in [0.25, 0.3) is 11.3 Å². The fraction of sp³-hybridized carbons (Fsp3) is 0.182. The normalized spacial score (nSPS) is 17.9. The second kappa shape index (κ2) is 8.52. The van der Waals surface area contributed by atoms with E-state index in [1.54, 1.807) is 30.4 Å². The molecule has 158 valence electrons. The number of imide groups is 1. The van der Waals surface area contributed by atoms with Crippen molar-refractivity contribution in [2.75, 3.05) is 11.1 Å². The van der Waals surface area contributed by atoms with Gasteiger partial charge in [0, 0.05) is 27.3 Å². The van der Waals surface area contributed by atoms with Crippen molar-refractivity contribution in [2.24, 2.45) is 0 Å². The molecular formula is C22H20N4O3S2. The van der Waals surface area contributed by atoms with E-state index in [9.17, 15) is 14.4 Å². The molecule has 0 bridgehead atoms. The molecule has 0 spiro atoms. The first-order valence-corrected chi connectivity index (χ1v) is 11.4. The Bertz CT molecular complexity index is 1160. The van der Waals surface area contributed by atoms with Crippen LogP contribution in [-0.4, -0.2) is 34.1 Å². The molecule has 4 amide bonds. The fourth-order valence-electron chi connectivity index (χ4n) is 3.10. The summed E-state index contributed by atoms with van der Waals surface area (Å²) in [6, 6.07) is 14.2. The van der Waals surface area contributed by atoms with Gasteiger partial charge in [0.2, 0.25) is 0 Å². The van der Waals surface area contributed by atoms with Crippen molar-refractivity contribution in [3.05, 3.63) is 64.5 Å². The number of carbonyl (C=O) groups is 3. The molecule has 0 saturated carbocycles. The van der Waals surface area contributed by atoms with E-state index in [4.69, 9.17) is 0 Å². The zero-order chi connectivity index (χ0) is 22.0. The third kappa shape index (κ3) is 4.62. The number of benzene rings is 2. The monoisotopic (exact) mass is 452 g/mol. The zero-order valence-electron chi connectivity index (χ0n) is 16.9. The van der Waals surface area contributed by atoms with Gasteiger partial charge in [-0.15, -0.1) is 23.1 Å². The molecule has 2 aromatic carbocycles. The molecule has 2 heterocycles. The third-order valence-corrected chi connectivity index (χ3v) is 6.99. The van der Waals surface area contributed by atoms with Crippen LogP contribution in [0.1, 0.15) is 22.3 Å². The number of carbonyl (C=O) groups excluding carboxylic acids is 3. The highest BCUT2D eigenvalue weighted by atomic mass is 32.2. The second-order valence-electron chi connectivity index (χ2n) is 7.31. The van der Waals surface area contributed by atoms with Gasteiger partial charge in [-0.2, -0.15) is 0 Å². The maximum atomic E-state index is 12.9. The number of thioether (sulfide) groups is 1. The van der Waals surface area contributed by atoms with Gasteiger partial charge in [0.05, 0.1) is 16.3 Å². The lowest BCUT2D eigenvalue weighted by molar-refractivity contribution is -0.122. The second-order valence-corrected chi connectivity index (χ2v) is 9.39. The smallest absolute Gasteiger partial charge is 0.322 e. The number of urea groups is 1. The van der Waals surface area contributed by atoms with E-state index in [0.29, 0.717) is 17.0 Å². The number of rotatable bonds is 6. The highest BCUT2D eigenvalue weighted by molar-refractivity contribution is 7.99. The van der Waals surface area contributed by atoms with Crippen LogP contribution in [0.2, 0.25) is 0 Å². The van der Waals surface area contributed by atoms with Crippen molar-refractivity contribution in [1.82, 2.24) is 15.6 Å². The molecule has 9 heteroatoms. The summed E-state index contributed by atoms with van der Waals surface area (Å²) in [4.78, 5) is 41.6. The predicted octanol–water partition coefficient (Wildman–Crippen LogP) is 4.06. The molecule has 3 aromatic rings. The first kappa shape index (κ1) is 21.1. The summed E-state index contributed by atoms with van der Waals surface area (Å²) in [7, 11) is 0. The summed E-state index contributed by atoms with van der Waals surface area (Å²) in [5.74, 6) is -0.316. The molecule has 1 aromatic heterocycles. The van der Waals surface area contributed by atoms with E-state index in [-0.39, 0.29) is 11.8 Å². The number of hydrogen-bond donors (Lipinski definition) is 3. The number of aryl methyl sites for hydroxylation is 1. The summed E-state index contributed by atoms with van der Waals surface area (Å²) in [6.45, 7) is 3.62. The standard InChI is InChI=1S/C22H20N4O3S2/c1-13-23-17(11-30-13)14-7-9-15(10-8-14)24-19(27)16-5-3-4-6-18(16)31-12-22(2)20(28)25-21(29)26-22/h3-11H,12H2,1-2H3,(H,24,27)(H2,25,26,28,29)/t22-/m0/s1. The van der Waals surface area contributed by atoms with Crippen LogP contribution in [-0.2, 0) is 4.79 Å². The number of aromatic nitrogens is 1. The lowest BCUT2D eigenvalue weighted by atomic mass is 10.1. The Morgan fingerprint density at radius 2 is 1.90 bits per heavy atom. The van der Waals surface area contributed by atoms with Gasteiger partial charge in [-0.3, -0.25) is 14.9 Å². The molecule has 7 nitrogen and oxygen atoms in total. The Morgan fingerprint density at radius 3 is 2.55 bits per heavy atom. The number of anilines is 1. The van der Waals surface area contributed by atoms with E-state index in [1.165, 1.54) is 11.8 Å². The van der Waals surface area contributed by atoms with E-state index in [2.05, 4.69) is 20.9 Å². The van der Waals surface area contributed by atoms with Gasteiger partial charge in [0.1, 0.15) is 5.54 Å². The van der Waals surface area contributed by atoms with Crippen molar-refractivity contribution >= 4 is 46.6 Å². The quantitative estimate of drug-likeness (QED) is 0.387. The Balaban J connectivity index is 1.45. The first-order valence-electron chi connectivity index (χ1n) is 9.53. The summed E-state index contributed by atoms with van der Waals surface area (Å²) in [6.07, 6.45) is 0. The molecule has 0 unspecified atom stereocenters. The topological polar surface area (TPSA) is 100 Å². The van der Waals surface area contributed by atoms with E-state index >= 15 is 0 Å². The van der Waals surface area contributed by atoms with Crippen molar-refractivity contribution in [3.63, 3.8) is 0 Å². The average Bonchev–Trinajstić information content (AvgIpc) is 3.29. The van der Waals surface area contributed by atoms with Gasteiger partial charge >= 0.3 is 6.03 Å². The summed E-state index contributed by atoms with van der Waals surface area (Å²) < 4.78 is 0. The molecule has 1 atom stereocenters. The lowest BCUT2D eigenvalue weighted by Gasteiger charge is -2.20. The largest absolute Gasteiger partial charge is 0.323 e. The number of nitrogens with zero attached hydrogens (tertiary/aromatic N) is 1. The summed E-state index contributed by atoms with van der Waals surface area (Å²) in [5.41, 5.74) is 2.06. The average molecular weight is 453 g/mol. The van der Waals surface area contributed by atoms with Gasteiger partial charge in [-0.25, -0.2) is 9.78 Å². The Hall–Kier alpha value is -3.17. The molecular weight excluding hydrogens is 432 g/mol. The minimum atomic E-state index is -1.02. The molecule has 31 heavy (non-hydrogen) atoms. The number of hydrogen-bond acceptors (Lipinski definition) is 6. The van der Waals surface area contributed by atoms with Crippen LogP contribution < -0.4 is 16.0 Å². The van der Waals surface area contributed by atoms with Crippen molar-refractivity contribution in [2.45, 2.75) is 24.3 Å². The van der Waals surface area contributed by atoms with Crippen LogP contribution in [0.3, 0.4) is 0 Å². The molecule has 1 saturated heterocycles. The van der Waals surface area contributed by atoms with Gasteiger partial charge < -0.3 is 10.6 Å². The van der Waals surface area contributed by atoms with Crippen molar-refractivity contribution in [1.29, 1.82) is 0 Å². The summed E-state index contributed by atoms with van der Waals surface area (Å²) in [5, 5.41) is 10.8. The molecule has 1 fully saturated rings. The molecule has 3 N–H and O–H groups in total. The van der Waals surface area contributed by atoms with Crippen LogP contribution >= 0.6 is 23.1 Å². The highest BCUT2D eigenvalue weighted by Crippen LogP contribution is 2.28. The zero-order valence-corrected chi connectivity index (χ0v) is 18.5. The van der Waals surface area contributed by atoms with Crippen LogP contribution in [0, 0.1) is 6.92 Å². The first-order chi connectivity index (χ1) is 14.8. The fourth-order valence-corrected chi connectivity index (χ4v) is 4.86. The van der Waals surface area contributed by atoms with Crippen molar-refractivity contribution < 1.29 is 14.4 Å². The highest BCUT2D eigenvalue weighted by Gasteiger charge is 2.41. The molecule has 1 aliphatic rings. The molecule has 1 aliphatic heterocycles. The van der Waals surface area contributed by atoms with E-state index < -0.39 is 11.6 Å². The molecule has 0 radical (unpaired) electrons. The van der Waals surface area contributed by atoms with Crippen LogP contribution in [0.15, 0.2) is 58.8 Å². The minimum Gasteiger partial charge on any atom is -0.323 e. The lowest BCUT2D eigenvalue weighted by Crippen LogP contribution is -2.46. The van der Waals surface area contributed by atoms with Gasteiger partial charge in [0.25, 0.3) is 11.8 Å². The number of thiazole rings is 1. The third-order valence-electron chi connectivity index (χ3n) is 4.82. The Kier molecular flexibility index (Phi) is 5.79. The summed E-state index contributed by atoms with van der Waals surface area (Å²) >= 11 is 2.94. The van der Waals surface area contributed by atoms with E-state index in [0.717, 1.165) is 21.2 Å². The van der Waals surface area contributed by atoms with E-state index in [1.807, 2.05) is 48.7 Å². The predicted molar refractivity (Wildman–Crippen MR) is 122 cm³/mol. The minimum absolute atomic E-state index is 0.245. The van der Waals surface area contributed by atoms with Gasteiger partial charge in [-0.1, -0.05) is 24.3 Å². The van der Waals surface area contributed by atoms with Crippen LogP contribution in [0.4, 0.5) is 10.5 Å². The van der Waals surface area contributed by atoms with Crippen molar-refractivity contribution in [3.8, 4) is 11.3 Å². The van der Waals surface area contributed by atoms with Gasteiger partial charge in [-0.05, 0) is 38.1 Å². The SMILES string of the molecule is Cc1nc(-c2ccc(NC(=O)c3ccccc3SC[C@]3(C)NC(=O)NC3=O)cc2)cs1. The maximum absolute atomic E-state index is 12.9. The molecule has 0 aliphatic carbocycles.